The van der Waals surface area contributed by atoms with Crippen molar-refractivity contribution in [2.24, 2.45) is 34.0 Å². The first-order valence-corrected chi connectivity index (χ1v) is 20.8. The summed E-state index contributed by atoms with van der Waals surface area (Å²) in [5, 5.41) is 0. The molecule has 202 valence electrons. The SMILES string of the molecule is CC[Si](C#CC(C#CC(C)(C)C)(C#CC12CC3CC(CC(C3)C1)C2)C#C[Si](CC)(CC)CC)(CC)CC. The van der Waals surface area contributed by atoms with Crippen molar-refractivity contribution in [3.63, 3.8) is 0 Å². The summed E-state index contributed by atoms with van der Waals surface area (Å²) in [7, 11) is -3.31. The summed E-state index contributed by atoms with van der Waals surface area (Å²) < 4.78 is 0. The second-order valence-corrected chi connectivity index (χ2v) is 23.7. The highest BCUT2D eigenvalue weighted by atomic mass is 28.3. The molecule has 0 spiro atoms. The normalized spacial score (nSPS) is 26.6. The van der Waals surface area contributed by atoms with Gasteiger partial charge in [0.05, 0.1) is 0 Å². The van der Waals surface area contributed by atoms with Crippen LogP contribution in [0.3, 0.4) is 0 Å². The Bertz CT molecular complexity index is 958. The van der Waals surface area contributed by atoms with E-state index in [1.165, 1.54) is 74.8 Å². The van der Waals surface area contributed by atoms with Crippen LogP contribution in [0, 0.1) is 80.6 Å². The average molecular weight is 531 g/mol. The Morgan fingerprint density at radius 2 is 0.946 bits per heavy atom. The molecule has 0 atom stereocenters. The molecule has 0 saturated heterocycles. The third kappa shape index (κ3) is 7.21. The molecule has 2 heteroatoms. The lowest BCUT2D eigenvalue weighted by atomic mass is 9.50. The Morgan fingerprint density at radius 3 is 1.27 bits per heavy atom. The van der Waals surface area contributed by atoms with Gasteiger partial charge in [0.25, 0.3) is 0 Å². The summed E-state index contributed by atoms with van der Waals surface area (Å²) in [5.74, 6) is 25.3. The van der Waals surface area contributed by atoms with E-state index in [9.17, 15) is 0 Å². The highest BCUT2D eigenvalue weighted by Crippen LogP contribution is 2.59. The minimum absolute atomic E-state index is 0.0967. The van der Waals surface area contributed by atoms with Gasteiger partial charge in [-0.05, 0) is 113 Å². The first-order chi connectivity index (χ1) is 17.4. The molecule has 4 saturated carbocycles. The second kappa shape index (κ2) is 11.8. The molecule has 0 amide bonds. The van der Waals surface area contributed by atoms with Crippen molar-refractivity contribution in [3.05, 3.63) is 0 Å². The molecule has 0 radical (unpaired) electrons. The molecule has 0 aromatic carbocycles. The Kier molecular flexibility index (Phi) is 9.65. The highest BCUT2D eigenvalue weighted by molar-refractivity contribution is 6.87. The van der Waals surface area contributed by atoms with Crippen molar-refractivity contribution in [1.82, 2.24) is 0 Å². The van der Waals surface area contributed by atoms with Crippen LogP contribution in [0.5, 0.6) is 0 Å². The minimum atomic E-state index is -1.65. The maximum Gasteiger partial charge on any atom is 0.211 e. The first kappa shape index (κ1) is 30.2. The van der Waals surface area contributed by atoms with Crippen LogP contribution in [-0.4, -0.2) is 16.1 Å². The van der Waals surface area contributed by atoms with Gasteiger partial charge in [0.2, 0.25) is 5.41 Å². The third-order valence-electron chi connectivity index (χ3n) is 10.3. The van der Waals surface area contributed by atoms with E-state index in [4.69, 9.17) is 0 Å². The van der Waals surface area contributed by atoms with E-state index in [0.29, 0.717) is 0 Å². The molecule has 0 N–H and O–H groups in total. The molecule has 4 bridgehead atoms. The van der Waals surface area contributed by atoms with E-state index in [1.54, 1.807) is 0 Å². The van der Waals surface area contributed by atoms with Gasteiger partial charge in [-0.15, -0.1) is 11.1 Å². The van der Waals surface area contributed by atoms with Crippen molar-refractivity contribution in [3.8, 4) is 46.6 Å². The maximum atomic E-state index is 3.96. The molecule has 4 rings (SSSR count). The predicted octanol–water partition coefficient (Wildman–Crippen LogP) is 9.34. The quantitative estimate of drug-likeness (QED) is 0.237. The van der Waals surface area contributed by atoms with Gasteiger partial charge in [-0.2, -0.15) is 0 Å². The van der Waals surface area contributed by atoms with E-state index in [2.05, 4.69) is 109 Å². The maximum absolute atomic E-state index is 3.96. The van der Waals surface area contributed by atoms with E-state index < -0.39 is 21.6 Å². The zero-order valence-electron chi connectivity index (χ0n) is 25.7. The fraction of sp³-hybridized carbons (Fsp3) is 0.771. The van der Waals surface area contributed by atoms with Gasteiger partial charge in [0.1, 0.15) is 16.1 Å². The van der Waals surface area contributed by atoms with Crippen molar-refractivity contribution in [2.45, 2.75) is 137 Å². The van der Waals surface area contributed by atoms with Crippen molar-refractivity contribution >= 4 is 16.1 Å². The zero-order valence-corrected chi connectivity index (χ0v) is 27.7. The first-order valence-electron chi connectivity index (χ1n) is 15.6. The van der Waals surface area contributed by atoms with Crippen LogP contribution in [-0.2, 0) is 0 Å². The lowest BCUT2D eigenvalue weighted by Gasteiger charge is -2.54. The molecule has 4 fully saturated rings. The summed E-state index contributed by atoms with van der Waals surface area (Å²) in [5.41, 5.74) is 7.09. The molecular formula is C35H54Si2. The minimum Gasteiger partial charge on any atom is -0.128 e. The lowest BCUT2D eigenvalue weighted by Crippen LogP contribution is -2.45. The van der Waals surface area contributed by atoms with Crippen LogP contribution < -0.4 is 0 Å². The van der Waals surface area contributed by atoms with E-state index >= 15 is 0 Å². The van der Waals surface area contributed by atoms with E-state index in [0.717, 1.165) is 17.8 Å². The van der Waals surface area contributed by atoms with Gasteiger partial charge in [-0.1, -0.05) is 77.1 Å². The fourth-order valence-electron chi connectivity index (χ4n) is 7.44. The molecule has 0 aromatic heterocycles. The van der Waals surface area contributed by atoms with Gasteiger partial charge in [-0.25, -0.2) is 0 Å². The summed E-state index contributed by atoms with van der Waals surface area (Å²) >= 11 is 0. The van der Waals surface area contributed by atoms with Gasteiger partial charge in [-0.3, -0.25) is 0 Å². The molecule has 0 nitrogen and oxygen atoms in total. The topological polar surface area (TPSA) is 0 Å². The molecule has 37 heavy (non-hydrogen) atoms. The summed E-state index contributed by atoms with van der Waals surface area (Å²) in [6.45, 7) is 20.6. The smallest absolute Gasteiger partial charge is 0.128 e. The Balaban J connectivity index is 2.22. The van der Waals surface area contributed by atoms with Gasteiger partial charge >= 0.3 is 0 Å². The summed E-state index contributed by atoms with van der Waals surface area (Å²) in [6, 6.07) is 7.19. The highest BCUT2D eigenvalue weighted by Gasteiger charge is 2.50. The Morgan fingerprint density at radius 1 is 0.568 bits per heavy atom. The van der Waals surface area contributed by atoms with Crippen molar-refractivity contribution < 1.29 is 0 Å². The van der Waals surface area contributed by atoms with Crippen molar-refractivity contribution in [1.29, 1.82) is 0 Å². The molecular weight excluding hydrogens is 477 g/mol. The van der Waals surface area contributed by atoms with Gasteiger partial charge < -0.3 is 0 Å². The molecule has 0 heterocycles. The largest absolute Gasteiger partial charge is 0.211 e. The number of hydrogen-bond donors (Lipinski definition) is 0. The molecule has 4 aliphatic carbocycles. The third-order valence-corrected chi connectivity index (χ3v) is 19.7. The lowest BCUT2D eigenvalue weighted by molar-refractivity contribution is -0.0182. The molecule has 0 aliphatic heterocycles. The average Bonchev–Trinajstić information content (AvgIpc) is 2.87. The monoisotopic (exact) mass is 530 g/mol. The van der Waals surface area contributed by atoms with Gasteiger partial charge in [0.15, 0.2) is 0 Å². The van der Waals surface area contributed by atoms with E-state index in [1.807, 2.05) is 0 Å². The zero-order chi connectivity index (χ0) is 27.4. The molecule has 4 aliphatic rings. The van der Waals surface area contributed by atoms with Crippen LogP contribution in [0.1, 0.15) is 101 Å². The van der Waals surface area contributed by atoms with Crippen LogP contribution >= 0.6 is 0 Å². The van der Waals surface area contributed by atoms with Crippen molar-refractivity contribution in [2.75, 3.05) is 0 Å². The summed E-state index contributed by atoms with van der Waals surface area (Å²) in [6.07, 6.45) is 8.24. The predicted molar refractivity (Wildman–Crippen MR) is 168 cm³/mol. The van der Waals surface area contributed by atoms with E-state index in [-0.39, 0.29) is 10.8 Å². The molecule has 0 unspecified atom stereocenters. The summed E-state index contributed by atoms with van der Waals surface area (Å²) in [4.78, 5) is 0. The van der Waals surface area contributed by atoms with Crippen LogP contribution in [0.4, 0.5) is 0 Å². The standard InChI is InChI=1S/C35H54Si2/c1-10-36(11-2,12-3)22-20-34(17-16-33(7,8)9,21-23-37(13-4,14-5)15-6)18-19-35-27-30-24-31(28-35)26-32(25-30)29-35/h30-32H,10-15,24-29H2,1-9H3. The van der Waals surface area contributed by atoms with Crippen LogP contribution in [0.25, 0.3) is 0 Å². The van der Waals surface area contributed by atoms with Crippen LogP contribution in [0.15, 0.2) is 0 Å². The second-order valence-electron chi connectivity index (χ2n) is 13.9. The number of hydrogen-bond acceptors (Lipinski definition) is 0. The Labute approximate surface area is 233 Å². The fourth-order valence-corrected chi connectivity index (χ4v) is 12.4. The van der Waals surface area contributed by atoms with Crippen LogP contribution in [0.2, 0.25) is 36.3 Å². The van der Waals surface area contributed by atoms with Gasteiger partial charge in [0, 0.05) is 10.8 Å². The molecule has 0 aromatic rings. The number of rotatable bonds is 6. The Hall–Kier alpha value is -1.33.